The molecule has 0 fully saturated rings. The third kappa shape index (κ3) is 4.22. The lowest BCUT2D eigenvalue weighted by atomic mass is 9.82. The molecule has 0 aliphatic heterocycles. The molecule has 2 aromatic rings. The predicted octanol–water partition coefficient (Wildman–Crippen LogP) is 2.47. The van der Waals surface area contributed by atoms with E-state index in [1.165, 1.54) is 0 Å². The van der Waals surface area contributed by atoms with Gasteiger partial charge in [-0.2, -0.15) is 5.10 Å². The van der Waals surface area contributed by atoms with E-state index >= 15 is 0 Å². The molecule has 0 spiro atoms. The van der Waals surface area contributed by atoms with E-state index < -0.39 is 17.8 Å². The van der Waals surface area contributed by atoms with E-state index in [0.717, 1.165) is 11.3 Å². The van der Waals surface area contributed by atoms with Crippen molar-refractivity contribution in [2.45, 2.75) is 33.2 Å². The van der Waals surface area contributed by atoms with Crippen molar-refractivity contribution < 1.29 is 14.7 Å². The smallest absolute Gasteiger partial charge is 0.228 e. The number of aliphatic carboxylic acids is 1. The fraction of sp³-hybridized carbons (Fsp3) is 0.350. The van der Waals surface area contributed by atoms with Crippen LogP contribution in [0.2, 0.25) is 5.02 Å². The zero-order valence-electron chi connectivity index (χ0n) is 15.2. The molecule has 3 rings (SSSR count). The number of nitrogens with zero attached hydrogens (tertiary/aromatic N) is 2. The lowest BCUT2D eigenvalue weighted by molar-refractivity contribution is -0.313. The van der Waals surface area contributed by atoms with E-state index in [2.05, 4.69) is 10.4 Å². The number of amides is 1. The highest BCUT2D eigenvalue weighted by atomic mass is 35.5. The van der Waals surface area contributed by atoms with Crippen LogP contribution < -0.4 is 10.4 Å². The summed E-state index contributed by atoms with van der Waals surface area (Å²) in [5.41, 5.74) is 3.16. The van der Waals surface area contributed by atoms with Gasteiger partial charge in [-0.05, 0) is 44.4 Å². The summed E-state index contributed by atoms with van der Waals surface area (Å²) in [7, 11) is 0. The molecule has 2 atom stereocenters. The van der Waals surface area contributed by atoms with Crippen LogP contribution in [0.5, 0.6) is 0 Å². The molecule has 7 heteroatoms. The summed E-state index contributed by atoms with van der Waals surface area (Å²) in [6, 6.07) is 7.50. The number of aromatic nitrogens is 2. The van der Waals surface area contributed by atoms with Crippen LogP contribution in [0.15, 0.2) is 36.4 Å². The second kappa shape index (κ2) is 7.96. The van der Waals surface area contributed by atoms with Crippen LogP contribution in [0.3, 0.4) is 0 Å². The third-order valence-electron chi connectivity index (χ3n) is 4.95. The molecule has 0 saturated carbocycles. The zero-order chi connectivity index (χ0) is 19.6. The van der Waals surface area contributed by atoms with E-state index in [9.17, 15) is 14.7 Å². The molecule has 0 bridgehead atoms. The molecule has 1 amide bonds. The maximum absolute atomic E-state index is 12.7. The van der Waals surface area contributed by atoms with E-state index in [1.54, 1.807) is 6.08 Å². The van der Waals surface area contributed by atoms with E-state index in [0.29, 0.717) is 35.8 Å². The maximum Gasteiger partial charge on any atom is 0.228 e. The minimum absolute atomic E-state index is 0.314. The Morgan fingerprint density at radius 1 is 1.19 bits per heavy atom. The van der Waals surface area contributed by atoms with Crippen LogP contribution in [0.25, 0.3) is 0 Å². The van der Waals surface area contributed by atoms with Crippen molar-refractivity contribution in [2.75, 3.05) is 5.32 Å². The van der Waals surface area contributed by atoms with Gasteiger partial charge >= 0.3 is 0 Å². The highest BCUT2D eigenvalue weighted by molar-refractivity contribution is 6.30. The molecule has 1 N–H and O–H groups in total. The number of aryl methyl sites for hydroxylation is 1. The molecule has 1 aliphatic rings. The monoisotopic (exact) mass is 386 g/mol. The van der Waals surface area contributed by atoms with Gasteiger partial charge in [0.05, 0.1) is 29.5 Å². The summed E-state index contributed by atoms with van der Waals surface area (Å²) in [5.74, 6) is -2.95. The Kier molecular flexibility index (Phi) is 5.65. The lowest BCUT2D eigenvalue weighted by Crippen LogP contribution is -2.41. The highest BCUT2D eigenvalue weighted by Crippen LogP contribution is 2.28. The number of hydrogen-bond donors (Lipinski definition) is 1. The molecule has 27 heavy (non-hydrogen) atoms. The van der Waals surface area contributed by atoms with Gasteiger partial charge in [-0.1, -0.05) is 35.9 Å². The number of carbonyl (C=O) groups excluding carboxylic acids is 2. The van der Waals surface area contributed by atoms with Crippen LogP contribution in [0.1, 0.15) is 29.8 Å². The molecule has 6 nitrogen and oxygen atoms in total. The van der Waals surface area contributed by atoms with Gasteiger partial charge < -0.3 is 15.2 Å². The molecule has 1 heterocycles. The van der Waals surface area contributed by atoms with Gasteiger partial charge in [-0.3, -0.25) is 9.48 Å². The standard InChI is InChI=1S/C20H22ClN3O3/c1-12-18(22-19(25)16-5-3-4-6-17(16)20(26)27)13(2)24(23-12)11-14-7-9-15(21)10-8-14/h3-4,7-10,16-17H,5-6,11H2,1-2H3,(H,22,25)(H,26,27)/p-1/t16-,17+/m1/s1. The number of benzene rings is 1. The summed E-state index contributed by atoms with van der Waals surface area (Å²) in [6.07, 6.45) is 4.33. The number of halogens is 1. The SMILES string of the molecule is Cc1nn(Cc2ccc(Cl)cc2)c(C)c1NC(=O)[C@@H]1CC=CC[C@@H]1C(=O)[O-]. The largest absolute Gasteiger partial charge is 0.550 e. The minimum atomic E-state index is -1.19. The topological polar surface area (TPSA) is 87.0 Å². The number of anilines is 1. The molecule has 1 aliphatic carbocycles. The van der Waals surface area contributed by atoms with Crippen molar-refractivity contribution in [1.29, 1.82) is 0 Å². The first-order valence-electron chi connectivity index (χ1n) is 8.82. The first-order valence-corrected chi connectivity index (χ1v) is 9.19. The summed E-state index contributed by atoms with van der Waals surface area (Å²) in [4.78, 5) is 24.0. The lowest BCUT2D eigenvalue weighted by Gasteiger charge is -2.28. The normalized spacial score (nSPS) is 19.1. The van der Waals surface area contributed by atoms with Crippen molar-refractivity contribution in [3.05, 3.63) is 58.4 Å². The number of hydrogen-bond acceptors (Lipinski definition) is 4. The summed E-state index contributed by atoms with van der Waals surface area (Å²) in [6.45, 7) is 4.24. The van der Waals surface area contributed by atoms with E-state index in [4.69, 9.17) is 11.6 Å². The van der Waals surface area contributed by atoms with Gasteiger partial charge in [0, 0.05) is 16.9 Å². The summed E-state index contributed by atoms with van der Waals surface area (Å²) >= 11 is 5.92. The van der Waals surface area contributed by atoms with Gasteiger partial charge in [0.25, 0.3) is 0 Å². The van der Waals surface area contributed by atoms with E-state index in [1.807, 2.05) is 48.9 Å². The molecule has 0 unspecified atom stereocenters. The van der Waals surface area contributed by atoms with Crippen LogP contribution in [-0.2, 0) is 16.1 Å². The first-order chi connectivity index (χ1) is 12.9. The van der Waals surface area contributed by atoms with Crippen LogP contribution in [-0.4, -0.2) is 21.7 Å². The predicted molar refractivity (Wildman–Crippen MR) is 101 cm³/mol. The fourth-order valence-corrected chi connectivity index (χ4v) is 3.50. The van der Waals surface area contributed by atoms with E-state index in [-0.39, 0.29) is 5.91 Å². The Hall–Kier alpha value is -2.60. The number of carboxylic acids is 1. The molecule has 1 aromatic heterocycles. The van der Waals surface area contributed by atoms with Gasteiger partial charge in [0.1, 0.15) is 0 Å². The third-order valence-corrected chi connectivity index (χ3v) is 5.20. The second-order valence-corrected chi connectivity index (χ2v) is 7.23. The van der Waals surface area contributed by atoms with Crippen molar-refractivity contribution in [1.82, 2.24) is 9.78 Å². The van der Waals surface area contributed by atoms with Crippen LogP contribution in [0, 0.1) is 25.7 Å². The molecule has 0 radical (unpaired) electrons. The Morgan fingerprint density at radius 3 is 2.44 bits per heavy atom. The van der Waals surface area contributed by atoms with Crippen molar-refractivity contribution in [2.24, 2.45) is 11.8 Å². The number of carboxylic acid groups (broad SMARTS) is 1. The number of allylic oxidation sites excluding steroid dienone is 2. The van der Waals surface area contributed by atoms with Gasteiger partial charge in [-0.25, -0.2) is 0 Å². The summed E-state index contributed by atoms with van der Waals surface area (Å²) in [5, 5.41) is 19.4. The summed E-state index contributed by atoms with van der Waals surface area (Å²) < 4.78 is 1.81. The van der Waals surface area contributed by atoms with Gasteiger partial charge in [0.15, 0.2) is 0 Å². The molecule has 1 aromatic carbocycles. The van der Waals surface area contributed by atoms with Crippen molar-refractivity contribution in [3.63, 3.8) is 0 Å². The van der Waals surface area contributed by atoms with Gasteiger partial charge in [0.2, 0.25) is 5.91 Å². The zero-order valence-corrected chi connectivity index (χ0v) is 16.0. The Bertz CT molecular complexity index is 887. The molecule has 142 valence electrons. The Labute approximate surface area is 162 Å². The Balaban J connectivity index is 1.78. The number of carbonyl (C=O) groups is 2. The first kappa shape index (κ1) is 19.2. The number of nitrogens with one attached hydrogen (secondary N) is 1. The molecule has 0 saturated heterocycles. The second-order valence-electron chi connectivity index (χ2n) is 6.79. The molecular formula is C20H21ClN3O3-. The van der Waals surface area contributed by atoms with Gasteiger partial charge in [-0.15, -0.1) is 0 Å². The minimum Gasteiger partial charge on any atom is -0.550 e. The maximum atomic E-state index is 12.7. The molecular weight excluding hydrogens is 366 g/mol. The average molecular weight is 387 g/mol. The highest BCUT2D eigenvalue weighted by Gasteiger charge is 2.30. The quantitative estimate of drug-likeness (QED) is 0.799. The average Bonchev–Trinajstić information content (AvgIpc) is 2.91. The van der Waals surface area contributed by atoms with Crippen molar-refractivity contribution >= 4 is 29.2 Å². The van der Waals surface area contributed by atoms with Crippen molar-refractivity contribution in [3.8, 4) is 0 Å². The number of rotatable bonds is 5. The fourth-order valence-electron chi connectivity index (χ4n) is 3.37. The Morgan fingerprint density at radius 2 is 1.81 bits per heavy atom. The van der Waals surface area contributed by atoms with Crippen LogP contribution in [0.4, 0.5) is 5.69 Å². The van der Waals surface area contributed by atoms with Crippen LogP contribution >= 0.6 is 11.6 Å².